The van der Waals surface area contributed by atoms with Crippen LogP contribution in [0.5, 0.6) is 5.75 Å². The number of aromatic nitrogens is 1. The summed E-state index contributed by atoms with van der Waals surface area (Å²) in [7, 11) is 0. The second-order valence-corrected chi connectivity index (χ2v) is 7.03. The van der Waals surface area contributed by atoms with Crippen molar-refractivity contribution in [2.45, 2.75) is 32.3 Å². The zero-order valence-corrected chi connectivity index (χ0v) is 14.6. The highest BCUT2D eigenvalue weighted by molar-refractivity contribution is 5.84. The van der Waals surface area contributed by atoms with E-state index in [0.717, 1.165) is 18.1 Å². The lowest BCUT2D eigenvalue weighted by Crippen LogP contribution is -2.27. The standard InChI is InChI=1S/C22H26N2O/c1-2-4-18(5-3-1)16-25-20-8-9-21-19(15-24-22(21)14-20)7-6-17-10-12-23-13-11-17/h1-5,8-9,14-15,17,23-24H,6-7,10-13,16H2. The summed E-state index contributed by atoms with van der Waals surface area (Å²) < 4.78 is 5.94. The number of H-pyrrole nitrogens is 1. The molecule has 1 aliphatic heterocycles. The van der Waals surface area contributed by atoms with Crippen LogP contribution in [0.2, 0.25) is 0 Å². The number of rotatable bonds is 6. The van der Waals surface area contributed by atoms with Gasteiger partial charge in [0.15, 0.2) is 0 Å². The fourth-order valence-corrected chi connectivity index (χ4v) is 3.73. The van der Waals surface area contributed by atoms with Crippen molar-refractivity contribution < 1.29 is 4.74 Å². The number of benzene rings is 2. The molecule has 25 heavy (non-hydrogen) atoms. The first kappa shape index (κ1) is 16.2. The third kappa shape index (κ3) is 4.05. The Hall–Kier alpha value is -2.26. The maximum absolute atomic E-state index is 5.94. The number of nitrogens with one attached hydrogen (secondary N) is 2. The van der Waals surface area contributed by atoms with Crippen LogP contribution in [0.25, 0.3) is 10.9 Å². The molecule has 3 aromatic rings. The van der Waals surface area contributed by atoms with Crippen molar-refractivity contribution in [2.75, 3.05) is 13.1 Å². The summed E-state index contributed by atoms with van der Waals surface area (Å²) in [6.07, 6.45) is 7.27. The van der Waals surface area contributed by atoms with E-state index in [2.05, 4.69) is 46.8 Å². The van der Waals surface area contributed by atoms with Gasteiger partial charge in [0.1, 0.15) is 12.4 Å². The van der Waals surface area contributed by atoms with E-state index in [1.807, 2.05) is 18.2 Å². The Labute approximate surface area is 149 Å². The first-order valence-corrected chi connectivity index (χ1v) is 9.36. The van der Waals surface area contributed by atoms with Gasteiger partial charge in [-0.15, -0.1) is 0 Å². The van der Waals surface area contributed by atoms with Gasteiger partial charge in [0.05, 0.1) is 0 Å². The van der Waals surface area contributed by atoms with Crippen molar-refractivity contribution in [2.24, 2.45) is 5.92 Å². The van der Waals surface area contributed by atoms with Crippen LogP contribution in [0.3, 0.4) is 0 Å². The number of ether oxygens (including phenoxy) is 1. The maximum Gasteiger partial charge on any atom is 0.121 e. The van der Waals surface area contributed by atoms with Gasteiger partial charge in [0.25, 0.3) is 0 Å². The van der Waals surface area contributed by atoms with Crippen LogP contribution in [-0.2, 0) is 13.0 Å². The van der Waals surface area contributed by atoms with Crippen LogP contribution in [0.4, 0.5) is 0 Å². The number of fused-ring (bicyclic) bond motifs is 1. The molecule has 1 saturated heterocycles. The third-order valence-electron chi connectivity index (χ3n) is 5.27. The molecule has 0 spiro atoms. The molecule has 0 aliphatic carbocycles. The van der Waals surface area contributed by atoms with Crippen molar-refractivity contribution in [3.63, 3.8) is 0 Å². The van der Waals surface area contributed by atoms with Gasteiger partial charge in [0, 0.05) is 23.2 Å². The molecular weight excluding hydrogens is 308 g/mol. The molecule has 1 fully saturated rings. The molecule has 0 bridgehead atoms. The van der Waals surface area contributed by atoms with Crippen LogP contribution in [0.1, 0.15) is 30.4 Å². The lowest BCUT2D eigenvalue weighted by molar-refractivity contribution is 0.306. The molecule has 0 saturated carbocycles. The molecule has 2 aromatic carbocycles. The fraction of sp³-hybridized carbons (Fsp3) is 0.364. The zero-order chi connectivity index (χ0) is 16.9. The van der Waals surface area contributed by atoms with Gasteiger partial charge in [-0.2, -0.15) is 0 Å². The minimum atomic E-state index is 0.607. The monoisotopic (exact) mass is 334 g/mol. The zero-order valence-electron chi connectivity index (χ0n) is 14.6. The van der Waals surface area contributed by atoms with Crippen LogP contribution in [-0.4, -0.2) is 18.1 Å². The number of aromatic amines is 1. The van der Waals surface area contributed by atoms with E-state index in [4.69, 9.17) is 4.74 Å². The molecular formula is C22H26N2O. The van der Waals surface area contributed by atoms with Gasteiger partial charge in [-0.05, 0) is 68.0 Å². The molecule has 0 amide bonds. The average molecular weight is 334 g/mol. The van der Waals surface area contributed by atoms with Crippen molar-refractivity contribution >= 4 is 10.9 Å². The Bertz CT molecular complexity index is 803. The Morgan fingerprint density at radius 2 is 1.84 bits per heavy atom. The summed E-state index contributed by atoms with van der Waals surface area (Å²) in [5, 5.41) is 4.78. The van der Waals surface area contributed by atoms with E-state index in [1.165, 1.54) is 54.4 Å². The molecule has 0 atom stereocenters. The summed E-state index contributed by atoms with van der Waals surface area (Å²) in [6.45, 7) is 2.97. The van der Waals surface area contributed by atoms with Gasteiger partial charge in [-0.3, -0.25) is 0 Å². The second-order valence-electron chi connectivity index (χ2n) is 7.03. The Kier molecular flexibility index (Phi) is 5.03. The highest BCUT2D eigenvalue weighted by Gasteiger charge is 2.14. The molecule has 130 valence electrons. The van der Waals surface area contributed by atoms with Crippen LogP contribution >= 0.6 is 0 Å². The van der Waals surface area contributed by atoms with Crippen LogP contribution in [0.15, 0.2) is 54.7 Å². The summed E-state index contributed by atoms with van der Waals surface area (Å²) in [6, 6.07) is 16.7. The Morgan fingerprint density at radius 3 is 2.68 bits per heavy atom. The fourth-order valence-electron chi connectivity index (χ4n) is 3.73. The van der Waals surface area contributed by atoms with E-state index in [9.17, 15) is 0 Å². The van der Waals surface area contributed by atoms with Crippen molar-refractivity contribution in [1.82, 2.24) is 10.3 Å². The molecule has 4 rings (SSSR count). The number of hydrogen-bond acceptors (Lipinski definition) is 2. The molecule has 0 radical (unpaired) electrons. The normalized spacial score (nSPS) is 15.5. The lowest BCUT2D eigenvalue weighted by atomic mass is 9.91. The summed E-state index contributed by atoms with van der Waals surface area (Å²) in [5.41, 5.74) is 3.80. The molecule has 2 heterocycles. The lowest BCUT2D eigenvalue weighted by Gasteiger charge is -2.22. The van der Waals surface area contributed by atoms with Crippen LogP contribution < -0.4 is 10.1 Å². The van der Waals surface area contributed by atoms with E-state index in [1.54, 1.807) is 0 Å². The number of hydrogen-bond donors (Lipinski definition) is 2. The third-order valence-corrected chi connectivity index (χ3v) is 5.27. The molecule has 3 heteroatoms. The SMILES string of the molecule is c1ccc(COc2ccc3c(CCC4CCNCC4)c[nH]c3c2)cc1. The molecule has 3 nitrogen and oxygen atoms in total. The smallest absolute Gasteiger partial charge is 0.121 e. The molecule has 1 aromatic heterocycles. The van der Waals surface area contributed by atoms with E-state index in [-0.39, 0.29) is 0 Å². The Balaban J connectivity index is 1.40. The highest BCUT2D eigenvalue weighted by Crippen LogP contribution is 2.27. The summed E-state index contributed by atoms with van der Waals surface area (Å²) in [4.78, 5) is 3.42. The summed E-state index contributed by atoms with van der Waals surface area (Å²) in [5.74, 6) is 1.79. The van der Waals surface area contributed by atoms with Gasteiger partial charge in [-0.25, -0.2) is 0 Å². The average Bonchev–Trinajstić information content (AvgIpc) is 3.09. The predicted octanol–water partition coefficient (Wildman–Crippen LogP) is 4.68. The minimum Gasteiger partial charge on any atom is -0.489 e. The topological polar surface area (TPSA) is 37.0 Å². The summed E-state index contributed by atoms with van der Waals surface area (Å²) >= 11 is 0. The highest BCUT2D eigenvalue weighted by atomic mass is 16.5. The number of piperidine rings is 1. The van der Waals surface area contributed by atoms with Gasteiger partial charge in [-0.1, -0.05) is 30.3 Å². The first-order valence-electron chi connectivity index (χ1n) is 9.36. The van der Waals surface area contributed by atoms with Crippen molar-refractivity contribution in [3.05, 3.63) is 65.9 Å². The first-order chi connectivity index (χ1) is 12.4. The second kappa shape index (κ2) is 7.75. The predicted molar refractivity (Wildman–Crippen MR) is 103 cm³/mol. The van der Waals surface area contributed by atoms with E-state index in [0.29, 0.717) is 6.61 Å². The molecule has 0 unspecified atom stereocenters. The van der Waals surface area contributed by atoms with E-state index >= 15 is 0 Å². The van der Waals surface area contributed by atoms with E-state index < -0.39 is 0 Å². The van der Waals surface area contributed by atoms with Gasteiger partial charge in [0.2, 0.25) is 0 Å². The number of aryl methyl sites for hydroxylation is 1. The quantitative estimate of drug-likeness (QED) is 0.687. The minimum absolute atomic E-state index is 0.607. The Morgan fingerprint density at radius 1 is 1.00 bits per heavy atom. The van der Waals surface area contributed by atoms with Gasteiger partial charge >= 0.3 is 0 Å². The van der Waals surface area contributed by atoms with Crippen molar-refractivity contribution in [3.8, 4) is 5.75 Å². The van der Waals surface area contributed by atoms with Crippen LogP contribution in [0, 0.1) is 5.92 Å². The van der Waals surface area contributed by atoms with Crippen molar-refractivity contribution in [1.29, 1.82) is 0 Å². The largest absolute Gasteiger partial charge is 0.489 e. The molecule has 2 N–H and O–H groups in total. The molecule has 1 aliphatic rings. The van der Waals surface area contributed by atoms with Gasteiger partial charge < -0.3 is 15.0 Å². The maximum atomic E-state index is 5.94.